The van der Waals surface area contributed by atoms with E-state index in [0.29, 0.717) is 29.2 Å². The van der Waals surface area contributed by atoms with Crippen LogP contribution in [0.5, 0.6) is 0 Å². The van der Waals surface area contributed by atoms with Gasteiger partial charge < -0.3 is 9.88 Å². The van der Waals surface area contributed by atoms with Crippen LogP contribution in [0.1, 0.15) is 28.8 Å². The number of benzene rings is 1. The van der Waals surface area contributed by atoms with E-state index in [4.69, 9.17) is 12.2 Å². The van der Waals surface area contributed by atoms with E-state index >= 15 is 0 Å². The van der Waals surface area contributed by atoms with Crippen molar-refractivity contribution < 1.29 is 4.79 Å². The first-order chi connectivity index (χ1) is 12.0. The molecule has 130 valence electrons. The first-order valence-electron chi connectivity index (χ1n) is 7.74. The fourth-order valence-corrected chi connectivity index (χ4v) is 3.09. The van der Waals surface area contributed by atoms with E-state index in [2.05, 4.69) is 36.5 Å². The van der Waals surface area contributed by atoms with Crippen LogP contribution in [0.2, 0.25) is 0 Å². The van der Waals surface area contributed by atoms with Crippen molar-refractivity contribution in [2.45, 2.75) is 26.9 Å². The maximum Gasteiger partial charge on any atom is 0.255 e. The van der Waals surface area contributed by atoms with Crippen molar-refractivity contribution in [3.8, 4) is 5.69 Å². The average molecular weight is 421 g/mol. The Morgan fingerprint density at radius 3 is 2.76 bits per heavy atom. The van der Waals surface area contributed by atoms with E-state index in [-0.39, 0.29) is 5.91 Å². The van der Waals surface area contributed by atoms with Gasteiger partial charge in [-0.3, -0.25) is 9.89 Å². The summed E-state index contributed by atoms with van der Waals surface area (Å²) < 4.78 is 5.12. The number of carbonyl (C=O) groups is 1. The largest absolute Gasteiger partial charge is 0.345 e. The summed E-state index contributed by atoms with van der Waals surface area (Å²) in [5, 5.41) is 14.1. The van der Waals surface area contributed by atoms with Gasteiger partial charge in [0.25, 0.3) is 5.91 Å². The van der Waals surface area contributed by atoms with E-state index in [1.807, 2.05) is 42.7 Å². The second kappa shape index (κ2) is 7.32. The third kappa shape index (κ3) is 3.57. The highest BCUT2D eigenvalue weighted by molar-refractivity contribution is 9.10. The molecule has 0 atom stereocenters. The summed E-state index contributed by atoms with van der Waals surface area (Å²) in [5.74, 6) is 0.497. The van der Waals surface area contributed by atoms with Crippen LogP contribution >= 0.6 is 28.1 Å². The van der Waals surface area contributed by atoms with E-state index in [1.54, 1.807) is 10.9 Å². The maximum absolute atomic E-state index is 12.5. The van der Waals surface area contributed by atoms with Gasteiger partial charge in [-0.05, 0) is 50.3 Å². The standard InChI is InChI=1S/C16H17BrN6OS/c1-3-22-14(20-21-16(22)25)9-18-15(24)13-8-19-23(10(13)2)12-6-4-11(17)5-7-12/h4-8H,3,9H2,1-2H3,(H,18,24)(H,21,25). The summed E-state index contributed by atoms with van der Waals surface area (Å²) in [7, 11) is 0. The van der Waals surface area contributed by atoms with Crippen molar-refractivity contribution in [3.05, 3.63) is 56.8 Å². The monoisotopic (exact) mass is 420 g/mol. The number of hydrogen-bond donors (Lipinski definition) is 2. The molecule has 0 radical (unpaired) electrons. The summed E-state index contributed by atoms with van der Waals surface area (Å²) in [4.78, 5) is 12.5. The Kier molecular flexibility index (Phi) is 5.14. The number of nitrogens with zero attached hydrogens (tertiary/aromatic N) is 4. The highest BCUT2D eigenvalue weighted by Gasteiger charge is 2.16. The van der Waals surface area contributed by atoms with E-state index in [0.717, 1.165) is 15.9 Å². The molecule has 7 nitrogen and oxygen atoms in total. The van der Waals surface area contributed by atoms with Crippen LogP contribution in [0.25, 0.3) is 5.69 Å². The molecule has 9 heteroatoms. The molecule has 3 aromatic rings. The van der Waals surface area contributed by atoms with Crippen LogP contribution in [0.15, 0.2) is 34.9 Å². The van der Waals surface area contributed by atoms with Gasteiger partial charge in [0.15, 0.2) is 10.6 Å². The minimum absolute atomic E-state index is 0.197. The zero-order valence-electron chi connectivity index (χ0n) is 13.8. The lowest BCUT2D eigenvalue weighted by atomic mass is 10.2. The zero-order chi connectivity index (χ0) is 18.0. The molecule has 0 saturated heterocycles. The molecule has 2 heterocycles. The minimum Gasteiger partial charge on any atom is -0.345 e. The average Bonchev–Trinajstić information content (AvgIpc) is 3.16. The molecule has 2 N–H and O–H groups in total. The molecule has 0 aliphatic carbocycles. The van der Waals surface area contributed by atoms with Gasteiger partial charge >= 0.3 is 0 Å². The Hall–Kier alpha value is -2.26. The van der Waals surface area contributed by atoms with Crippen LogP contribution in [-0.4, -0.2) is 30.5 Å². The van der Waals surface area contributed by atoms with Crippen molar-refractivity contribution in [3.63, 3.8) is 0 Å². The van der Waals surface area contributed by atoms with Gasteiger partial charge in [0.05, 0.1) is 29.7 Å². The molecule has 25 heavy (non-hydrogen) atoms. The highest BCUT2D eigenvalue weighted by Crippen LogP contribution is 2.17. The smallest absolute Gasteiger partial charge is 0.255 e. The number of aromatic nitrogens is 5. The van der Waals surface area contributed by atoms with Crippen LogP contribution in [0, 0.1) is 11.7 Å². The Labute approximate surface area is 158 Å². The molecular formula is C16H17BrN6OS. The molecule has 1 amide bonds. The normalized spacial score (nSPS) is 10.8. The molecule has 0 unspecified atom stereocenters. The summed E-state index contributed by atoms with van der Waals surface area (Å²) in [6, 6.07) is 7.74. The SMILES string of the molecule is CCn1c(CNC(=O)c2cnn(-c3ccc(Br)cc3)c2C)n[nH]c1=S. The quantitative estimate of drug-likeness (QED) is 0.621. The molecule has 2 aromatic heterocycles. The third-order valence-corrected chi connectivity index (χ3v) is 4.73. The molecular weight excluding hydrogens is 404 g/mol. The number of nitrogens with one attached hydrogen (secondary N) is 2. The summed E-state index contributed by atoms with van der Waals surface area (Å²) in [6.45, 7) is 4.83. The Morgan fingerprint density at radius 1 is 1.36 bits per heavy atom. The van der Waals surface area contributed by atoms with Crippen molar-refractivity contribution in [2.24, 2.45) is 0 Å². The highest BCUT2D eigenvalue weighted by atomic mass is 79.9. The van der Waals surface area contributed by atoms with Crippen LogP contribution in [-0.2, 0) is 13.1 Å². The fourth-order valence-electron chi connectivity index (χ4n) is 2.54. The lowest BCUT2D eigenvalue weighted by Crippen LogP contribution is -2.25. The number of amides is 1. The summed E-state index contributed by atoms with van der Waals surface area (Å²) in [5.41, 5.74) is 2.20. The summed E-state index contributed by atoms with van der Waals surface area (Å²) >= 11 is 8.56. The van der Waals surface area contributed by atoms with Crippen molar-refractivity contribution in [2.75, 3.05) is 0 Å². The number of carbonyl (C=O) groups excluding carboxylic acids is 1. The van der Waals surface area contributed by atoms with E-state index < -0.39 is 0 Å². The minimum atomic E-state index is -0.197. The predicted molar refractivity (Wildman–Crippen MR) is 100 cm³/mol. The second-order valence-electron chi connectivity index (χ2n) is 5.40. The van der Waals surface area contributed by atoms with Crippen LogP contribution in [0.3, 0.4) is 0 Å². The molecule has 0 aliphatic heterocycles. The molecule has 3 rings (SSSR count). The molecule has 0 aliphatic rings. The van der Waals surface area contributed by atoms with Gasteiger partial charge in [0.2, 0.25) is 0 Å². The Morgan fingerprint density at radius 2 is 2.08 bits per heavy atom. The van der Waals surface area contributed by atoms with E-state index in [1.165, 1.54) is 0 Å². The molecule has 0 bridgehead atoms. The Balaban J connectivity index is 1.77. The predicted octanol–water partition coefficient (Wildman–Crippen LogP) is 3.15. The number of halogens is 1. The maximum atomic E-state index is 12.5. The summed E-state index contributed by atoms with van der Waals surface area (Å²) in [6.07, 6.45) is 1.57. The first kappa shape index (κ1) is 17.6. The fraction of sp³-hybridized carbons (Fsp3) is 0.250. The van der Waals surface area contributed by atoms with Gasteiger partial charge in [0.1, 0.15) is 0 Å². The molecule has 0 spiro atoms. The third-order valence-electron chi connectivity index (χ3n) is 3.89. The first-order valence-corrected chi connectivity index (χ1v) is 8.94. The van der Waals surface area contributed by atoms with Gasteiger partial charge in [-0.15, -0.1) is 0 Å². The van der Waals surface area contributed by atoms with Crippen molar-refractivity contribution in [1.82, 2.24) is 29.9 Å². The number of hydrogen-bond acceptors (Lipinski definition) is 4. The Bertz CT molecular complexity index is 956. The van der Waals surface area contributed by atoms with Gasteiger partial charge in [0, 0.05) is 11.0 Å². The second-order valence-corrected chi connectivity index (χ2v) is 6.71. The molecule has 0 fully saturated rings. The van der Waals surface area contributed by atoms with Gasteiger partial charge in [-0.1, -0.05) is 15.9 Å². The molecule has 1 aromatic carbocycles. The van der Waals surface area contributed by atoms with Crippen molar-refractivity contribution >= 4 is 34.1 Å². The van der Waals surface area contributed by atoms with Gasteiger partial charge in [-0.2, -0.15) is 10.2 Å². The van der Waals surface area contributed by atoms with E-state index in [9.17, 15) is 4.79 Å². The number of H-pyrrole nitrogens is 1. The number of rotatable bonds is 5. The van der Waals surface area contributed by atoms with Crippen LogP contribution < -0.4 is 5.32 Å². The van der Waals surface area contributed by atoms with Gasteiger partial charge in [-0.25, -0.2) is 4.68 Å². The topological polar surface area (TPSA) is 80.5 Å². The van der Waals surface area contributed by atoms with Crippen LogP contribution in [0.4, 0.5) is 0 Å². The van der Waals surface area contributed by atoms with Crippen molar-refractivity contribution in [1.29, 1.82) is 0 Å². The number of aromatic amines is 1. The molecule has 0 saturated carbocycles. The zero-order valence-corrected chi connectivity index (χ0v) is 16.2. The lowest BCUT2D eigenvalue weighted by Gasteiger charge is -2.07. The lowest BCUT2D eigenvalue weighted by molar-refractivity contribution is 0.0949.